The van der Waals surface area contributed by atoms with Gasteiger partial charge in [-0.1, -0.05) is 16.4 Å². The third-order valence-corrected chi connectivity index (χ3v) is 6.60. The Balaban J connectivity index is 1.50. The normalized spacial score (nSPS) is 18.8. The summed E-state index contributed by atoms with van der Waals surface area (Å²) in [6.45, 7) is 2.26. The van der Waals surface area contributed by atoms with Gasteiger partial charge in [0.1, 0.15) is 28.8 Å². The first kappa shape index (κ1) is 22.3. The fourth-order valence-electron chi connectivity index (χ4n) is 3.69. The predicted molar refractivity (Wildman–Crippen MR) is 112 cm³/mol. The number of aryl methyl sites for hydroxylation is 1. The van der Waals surface area contributed by atoms with Crippen LogP contribution in [0.3, 0.4) is 0 Å². The summed E-state index contributed by atoms with van der Waals surface area (Å²) in [5, 5.41) is 10.2. The van der Waals surface area contributed by atoms with Gasteiger partial charge in [-0.15, -0.1) is 11.8 Å². The largest absolute Gasteiger partial charge is 0.349 e. The molecule has 1 aromatic heterocycles. The zero-order valence-corrected chi connectivity index (χ0v) is 18.0. The fourth-order valence-corrected chi connectivity index (χ4v) is 4.91. The number of nitrogens with one attached hydrogen (secondary N) is 1. The van der Waals surface area contributed by atoms with Crippen LogP contribution in [0.25, 0.3) is 0 Å². The molecular formula is C22H21F3N4O2S. The van der Waals surface area contributed by atoms with E-state index in [0.29, 0.717) is 24.4 Å². The molecule has 1 aliphatic heterocycles. The molecule has 1 amide bonds. The van der Waals surface area contributed by atoms with Crippen molar-refractivity contribution in [2.24, 2.45) is 0 Å². The molecule has 2 atom stereocenters. The lowest BCUT2D eigenvalue weighted by Gasteiger charge is -2.24. The van der Waals surface area contributed by atoms with Crippen molar-refractivity contribution in [1.82, 2.24) is 20.5 Å². The third kappa shape index (κ3) is 5.13. The minimum atomic E-state index is -0.650. The van der Waals surface area contributed by atoms with Gasteiger partial charge in [-0.25, -0.2) is 17.8 Å². The molecule has 0 spiro atoms. The van der Waals surface area contributed by atoms with Gasteiger partial charge in [0.15, 0.2) is 0 Å². The number of carbonyl (C=O) groups is 1. The molecule has 1 aliphatic rings. The second-order valence-corrected chi connectivity index (χ2v) is 8.96. The summed E-state index contributed by atoms with van der Waals surface area (Å²) in [4.78, 5) is 15.6. The Morgan fingerprint density at radius 3 is 2.53 bits per heavy atom. The van der Waals surface area contributed by atoms with E-state index < -0.39 is 17.7 Å². The van der Waals surface area contributed by atoms with Crippen LogP contribution in [0.15, 0.2) is 52.0 Å². The molecule has 3 aromatic rings. The molecule has 1 fully saturated rings. The van der Waals surface area contributed by atoms with Gasteiger partial charge in [-0.3, -0.25) is 9.69 Å². The second-order valence-electron chi connectivity index (χ2n) is 7.59. The molecule has 10 heteroatoms. The van der Waals surface area contributed by atoms with E-state index in [2.05, 4.69) is 20.3 Å². The number of benzene rings is 2. The number of halogens is 3. The zero-order valence-electron chi connectivity index (χ0n) is 17.2. The van der Waals surface area contributed by atoms with E-state index >= 15 is 0 Å². The maximum Gasteiger partial charge on any atom is 0.237 e. The molecule has 0 unspecified atom stereocenters. The standard InChI is InChI=1S/C22H21F3N4O2S/c1-13-20(28-31-27-13)10-26-22(30)21-9-16(32-15-7-5-14(23)6-8-15)11-29(21)12-17-18(24)3-2-4-19(17)25/h2-8,16,21H,9-12H2,1H3,(H,26,30)/t16-,21+/m1/s1. The van der Waals surface area contributed by atoms with Crippen LogP contribution < -0.4 is 5.32 Å². The number of rotatable bonds is 7. The lowest BCUT2D eigenvalue weighted by atomic mass is 10.1. The van der Waals surface area contributed by atoms with Gasteiger partial charge in [0.25, 0.3) is 0 Å². The summed E-state index contributed by atoms with van der Waals surface area (Å²) in [5.41, 5.74) is 1.02. The number of hydrogen-bond donors (Lipinski definition) is 1. The van der Waals surface area contributed by atoms with Crippen LogP contribution in [-0.2, 0) is 17.9 Å². The van der Waals surface area contributed by atoms with E-state index in [4.69, 9.17) is 0 Å². The van der Waals surface area contributed by atoms with E-state index in [1.54, 1.807) is 24.0 Å². The molecule has 6 nitrogen and oxygen atoms in total. The molecule has 1 N–H and O–H groups in total. The van der Waals surface area contributed by atoms with Crippen molar-refractivity contribution in [3.05, 3.63) is 76.9 Å². The van der Waals surface area contributed by atoms with Crippen molar-refractivity contribution in [2.75, 3.05) is 6.54 Å². The Hall–Kier alpha value is -2.85. The Labute approximate surface area is 187 Å². The molecule has 0 saturated carbocycles. The highest BCUT2D eigenvalue weighted by atomic mass is 32.2. The number of thioether (sulfide) groups is 1. The average molecular weight is 462 g/mol. The molecule has 0 aliphatic carbocycles. The summed E-state index contributed by atoms with van der Waals surface area (Å²) >= 11 is 1.51. The third-order valence-electron chi connectivity index (χ3n) is 5.38. The van der Waals surface area contributed by atoms with Crippen molar-refractivity contribution in [3.8, 4) is 0 Å². The van der Waals surface area contributed by atoms with Crippen molar-refractivity contribution < 1.29 is 22.6 Å². The van der Waals surface area contributed by atoms with Crippen LogP contribution in [-0.4, -0.2) is 39.0 Å². The van der Waals surface area contributed by atoms with Crippen LogP contribution in [0.4, 0.5) is 13.2 Å². The first-order valence-electron chi connectivity index (χ1n) is 10.1. The van der Waals surface area contributed by atoms with Crippen LogP contribution in [0.5, 0.6) is 0 Å². The van der Waals surface area contributed by atoms with Gasteiger partial charge in [-0.05, 0) is 49.7 Å². The Bertz CT molecular complexity index is 1070. The summed E-state index contributed by atoms with van der Waals surface area (Å²) < 4.78 is 46.4. The fraction of sp³-hybridized carbons (Fsp3) is 0.318. The Kier molecular flexibility index (Phi) is 6.80. The van der Waals surface area contributed by atoms with Gasteiger partial charge in [0.2, 0.25) is 5.91 Å². The zero-order chi connectivity index (χ0) is 22.7. The molecule has 4 rings (SSSR count). The predicted octanol–water partition coefficient (Wildman–Crippen LogP) is 3.85. The first-order chi connectivity index (χ1) is 15.4. The number of hydrogen-bond acceptors (Lipinski definition) is 6. The minimum Gasteiger partial charge on any atom is -0.349 e. The minimum absolute atomic E-state index is 0.0125. The van der Waals surface area contributed by atoms with Crippen molar-refractivity contribution in [2.45, 2.75) is 42.6 Å². The SMILES string of the molecule is Cc1nonc1CNC(=O)[C@@H]1C[C@@H](Sc2ccc(F)cc2)CN1Cc1c(F)cccc1F. The van der Waals surface area contributed by atoms with Crippen molar-refractivity contribution >= 4 is 17.7 Å². The van der Waals surface area contributed by atoms with Crippen molar-refractivity contribution in [3.63, 3.8) is 0 Å². The first-order valence-corrected chi connectivity index (χ1v) is 10.9. The highest BCUT2D eigenvalue weighted by Crippen LogP contribution is 2.34. The van der Waals surface area contributed by atoms with Crippen LogP contribution >= 0.6 is 11.8 Å². The number of nitrogens with zero attached hydrogens (tertiary/aromatic N) is 3. The number of likely N-dealkylation sites (tertiary alicyclic amines) is 1. The van der Waals surface area contributed by atoms with Gasteiger partial charge < -0.3 is 5.32 Å². The average Bonchev–Trinajstić information content (AvgIpc) is 3.36. The van der Waals surface area contributed by atoms with Crippen molar-refractivity contribution in [1.29, 1.82) is 0 Å². The smallest absolute Gasteiger partial charge is 0.237 e. The monoisotopic (exact) mass is 462 g/mol. The molecular weight excluding hydrogens is 441 g/mol. The molecule has 2 heterocycles. The lowest BCUT2D eigenvalue weighted by Crippen LogP contribution is -2.43. The van der Waals surface area contributed by atoms with Crippen LogP contribution in [0.2, 0.25) is 0 Å². The van der Waals surface area contributed by atoms with Gasteiger partial charge in [0, 0.05) is 28.8 Å². The molecule has 1 saturated heterocycles. The van der Waals surface area contributed by atoms with Crippen LogP contribution in [0, 0.1) is 24.4 Å². The molecule has 2 aromatic carbocycles. The van der Waals surface area contributed by atoms with E-state index in [1.807, 2.05) is 0 Å². The second kappa shape index (κ2) is 9.74. The maximum atomic E-state index is 14.3. The van der Waals surface area contributed by atoms with Gasteiger partial charge in [-0.2, -0.15) is 0 Å². The molecule has 0 bridgehead atoms. The maximum absolute atomic E-state index is 14.3. The highest BCUT2D eigenvalue weighted by molar-refractivity contribution is 8.00. The van der Waals surface area contributed by atoms with E-state index in [0.717, 1.165) is 4.90 Å². The summed E-state index contributed by atoms with van der Waals surface area (Å²) in [5.74, 6) is -1.90. The number of aromatic nitrogens is 2. The number of amides is 1. The number of carbonyl (C=O) groups excluding carboxylic acids is 1. The summed E-state index contributed by atoms with van der Waals surface area (Å²) in [6, 6.07) is 9.23. The Morgan fingerprint density at radius 1 is 1.16 bits per heavy atom. The Morgan fingerprint density at radius 2 is 1.88 bits per heavy atom. The van der Waals surface area contributed by atoms with Crippen LogP contribution in [0.1, 0.15) is 23.4 Å². The summed E-state index contributed by atoms with van der Waals surface area (Å²) in [7, 11) is 0. The summed E-state index contributed by atoms with van der Waals surface area (Å²) in [6.07, 6.45) is 0.472. The highest BCUT2D eigenvalue weighted by Gasteiger charge is 2.38. The topological polar surface area (TPSA) is 71.3 Å². The molecule has 32 heavy (non-hydrogen) atoms. The van der Waals surface area contributed by atoms with E-state index in [9.17, 15) is 18.0 Å². The van der Waals surface area contributed by atoms with Gasteiger partial charge >= 0.3 is 0 Å². The quantitative estimate of drug-likeness (QED) is 0.575. The van der Waals surface area contributed by atoms with E-state index in [1.165, 1.54) is 42.1 Å². The molecule has 168 valence electrons. The van der Waals surface area contributed by atoms with E-state index in [-0.39, 0.29) is 35.6 Å². The van der Waals surface area contributed by atoms with Gasteiger partial charge in [0.05, 0.1) is 12.6 Å². The lowest BCUT2D eigenvalue weighted by molar-refractivity contribution is -0.125. The molecule has 0 radical (unpaired) electrons.